The molecule has 10 nitrogen and oxygen atoms in total. The number of hydrogen-bond donors (Lipinski definition) is 2. The Labute approximate surface area is 252 Å². The van der Waals surface area contributed by atoms with Gasteiger partial charge in [0.1, 0.15) is 17.0 Å². The summed E-state index contributed by atoms with van der Waals surface area (Å²) in [6.45, 7) is 0. The minimum atomic E-state index is -2.62. The molecule has 4 N–H and O–H groups in total. The van der Waals surface area contributed by atoms with Crippen LogP contribution in [-0.4, -0.2) is 40.2 Å². The molecular formula is C30H24BrF2N9O. The zero-order valence-corrected chi connectivity index (χ0v) is 24.1. The van der Waals surface area contributed by atoms with Crippen LogP contribution in [0.4, 0.5) is 14.6 Å². The summed E-state index contributed by atoms with van der Waals surface area (Å²) in [4.78, 5) is 28.0. The number of nitrogens with two attached hydrogens (primary N) is 2. The monoisotopic (exact) mass is 643 g/mol. The standard InChI is InChI=1S/C23H18BrN7.C7H6F2N2O/c24-18-13-19(30-11-3-10-27-30)28-23-20(18)29-22(17-6-2-9-26-21(17)25)31(23)16-8-7-14-4-1-5-15(14)12-16;8-6(9)5-2-1-4(3-11-5)7(10)12/h2-3,6-13H,1,4-5H2,(H2,25,26);1-3,6H,(H2,10,12). The highest BCUT2D eigenvalue weighted by molar-refractivity contribution is 9.10. The Morgan fingerprint density at radius 3 is 2.51 bits per heavy atom. The SMILES string of the molecule is NC(=O)c1ccc(C(F)F)nc1.Nc1ncccc1-c1nc2c(Br)cc(-n3cccn3)nc2n1-c1ccc2c(c1)CCC2. The van der Waals surface area contributed by atoms with E-state index >= 15 is 0 Å². The number of alkyl halides is 2. The molecule has 0 bridgehead atoms. The summed E-state index contributed by atoms with van der Waals surface area (Å²) in [6, 6.07) is 16.5. The molecule has 0 saturated carbocycles. The fraction of sp³-hybridized carbons (Fsp3) is 0.133. The molecule has 1 aliphatic carbocycles. The fourth-order valence-electron chi connectivity index (χ4n) is 4.93. The minimum absolute atomic E-state index is 0.124. The molecule has 6 aromatic rings. The number of fused-ring (bicyclic) bond motifs is 2. The first-order valence-electron chi connectivity index (χ1n) is 13.3. The second kappa shape index (κ2) is 11.7. The van der Waals surface area contributed by atoms with Crippen molar-refractivity contribution >= 4 is 38.8 Å². The van der Waals surface area contributed by atoms with Crippen molar-refractivity contribution in [1.82, 2.24) is 34.3 Å². The van der Waals surface area contributed by atoms with Crippen molar-refractivity contribution < 1.29 is 13.6 Å². The summed E-state index contributed by atoms with van der Waals surface area (Å²) >= 11 is 3.69. The van der Waals surface area contributed by atoms with Gasteiger partial charge in [0.05, 0.1) is 15.6 Å². The lowest BCUT2D eigenvalue weighted by Crippen LogP contribution is -2.11. The molecule has 5 heterocycles. The van der Waals surface area contributed by atoms with Gasteiger partial charge in [0.2, 0.25) is 5.91 Å². The molecule has 0 spiro atoms. The third kappa shape index (κ3) is 5.58. The van der Waals surface area contributed by atoms with Crippen molar-refractivity contribution in [3.8, 4) is 22.9 Å². The van der Waals surface area contributed by atoms with Gasteiger partial charge in [0, 0.05) is 30.5 Å². The summed E-state index contributed by atoms with van der Waals surface area (Å²) in [5, 5.41) is 4.34. The number of primary amides is 1. The second-order valence-corrected chi connectivity index (χ2v) is 10.6. The lowest BCUT2D eigenvalue weighted by Gasteiger charge is -2.12. The number of aromatic nitrogens is 7. The first kappa shape index (κ1) is 28.1. The van der Waals surface area contributed by atoms with E-state index in [0.29, 0.717) is 17.5 Å². The van der Waals surface area contributed by atoms with Crippen molar-refractivity contribution in [3.05, 3.63) is 106 Å². The first-order valence-corrected chi connectivity index (χ1v) is 14.1. The number of nitrogens with zero attached hydrogens (tertiary/aromatic N) is 7. The molecule has 0 saturated heterocycles. The van der Waals surface area contributed by atoms with Crippen molar-refractivity contribution in [2.75, 3.05) is 5.73 Å². The van der Waals surface area contributed by atoms with Gasteiger partial charge in [-0.05, 0) is 94.9 Å². The van der Waals surface area contributed by atoms with Crippen LogP contribution in [0.25, 0.3) is 34.1 Å². The number of rotatable bonds is 5. The van der Waals surface area contributed by atoms with Crippen LogP contribution in [0.3, 0.4) is 0 Å². The van der Waals surface area contributed by atoms with E-state index in [1.54, 1.807) is 17.1 Å². The van der Waals surface area contributed by atoms with Gasteiger partial charge in [0.25, 0.3) is 6.43 Å². The zero-order chi connectivity index (χ0) is 30.1. The van der Waals surface area contributed by atoms with E-state index in [-0.39, 0.29) is 11.3 Å². The lowest BCUT2D eigenvalue weighted by molar-refractivity contribution is 0.0999. The Hall–Kier alpha value is -5.04. The van der Waals surface area contributed by atoms with Crippen LogP contribution in [0.1, 0.15) is 40.0 Å². The number of anilines is 1. The van der Waals surface area contributed by atoms with E-state index in [9.17, 15) is 13.6 Å². The number of pyridine rings is 3. The van der Waals surface area contributed by atoms with Crippen molar-refractivity contribution in [2.45, 2.75) is 25.7 Å². The van der Waals surface area contributed by atoms with Gasteiger partial charge >= 0.3 is 0 Å². The molecule has 0 radical (unpaired) electrons. The van der Waals surface area contributed by atoms with Crippen molar-refractivity contribution in [3.63, 3.8) is 0 Å². The molecule has 0 atom stereocenters. The Balaban J connectivity index is 0.000000232. The third-order valence-electron chi connectivity index (χ3n) is 7.01. The summed E-state index contributed by atoms with van der Waals surface area (Å²) in [6.07, 6.45) is 7.13. The molecule has 13 heteroatoms. The first-order chi connectivity index (χ1) is 20.8. The Morgan fingerprint density at radius 1 is 0.977 bits per heavy atom. The molecule has 43 heavy (non-hydrogen) atoms. The number of carbonyl (C=O) groups excluding carboxylic acids is 1. The van der Waals surface area contributed by atoms with Gasteiger partial charge in [-0.15, -0.1) is 0 Å². The van der Waals surface area contributed by atoms with Gasteiger partial charge in [0.15, 0.2) is 17.3 Å². The Kier molecular flexibility index (Phi) is 7.63. The van der Waals surface area contributed by atoms with Crippen molar-refractivity contribution in [1.29, 1.82) is 0 Å². The largest absolute Gasteiger partial charge is 0.383 e. The van der Waals surface area contributed by atoms with Gasteiger partial charge in [-0.25, -0.2) is 28.4 Å². The number of imidazole rings is 1. The average Bonchev–Trinajstić information content (AvgIpc) is 3.78. The predicted octanol–water partition coefficient (Wildman–Crippen LogP) is 5.62. The minimum Gasteiger partial charge on any atom is -0.383 e. The number of carbonyl (C=O) groups is 1. The number of amides is 1. The number of hydrogen-bond acceptors (Lipinski definition) is 7. The average molecular weight is 644 g/mol. The van der Waals surface area contributed by atoms with Crippen LogP contribution in [-0.2, 0) is 12.8 Å². The second-order valence-electron chi connectivity index (χ2n) is 9.74. The summed E-state index contributed by atoms with van der Waals surface area (Å²) in [7, 11) is 0. The Morgan fingerprint density at radius 2 is 1.81 bits per heavy atom. The fourth-order valence-corrected chi connectivity index (χ4v) is 5.40. The molecule has 0 unspecified atom stereocenters. The molecule has 0 fully saturated rings. The van der Waals surface area contributed by atoms with Gasteiger partial charge in [-0.2, -0.15) is 5.10 Å². The quantitative estimate of drug-likeness (QED) is 0.248. The van der Waals surface area contributed by atoms with Crippen molar-refractivity contribution in [2.24, 2.45) is 5.73 Å². The van der Waals surface area contributed by atoms with E-state index in [1.807, 2.05) is 30.5 Å². The third-order valence-corrected chi connectivity index (χ3v) is 7.61. The number of nitrogen functional groups attached to an aromatic ring is 1. The van der Waals surface area contributed by atoms with E-state index in [1.165, 1.54) is 23.6 Å². The number of halogens is 3. The highest BCUT2D eigenvalue weighted by Gasteiger charge is 2.22. The summed E-state index contributed by atoms with van der Waals surface area (Å²) in [5.41, 5.74) is 17.0. The van der Waals surface area contributed by atoms with Gasteiger partial charge < -0.3 is 11.5 Å². The smallest absolute Gasteiger partial charge is 0.280 e. The van der Waals surface area contributed by atoms with Crippen LogP contribution in [0, 0.1) is 0 Å². The van der Waals surface area contributed by atoms with Gasteiger partial charge in [-0.1, -0.05) is 6.07 Å². The molecule has 7 rings (SSSR count). The number of benzene rings is 1. The maximum Gasteiger partial charge on any atom is 0.280 e. The highest BCUT2D eigenvalue weighted by Crippen LogP contribution is 2.35. The van der Waals surface area contributed by atoms with E-state index in [0.717, 1.165) is 52.0 Å². The molecule has 5 aromatic heterocycles. The van der Waals surface area contributed by atoms with E-state index in [2.05, 4.69) is 53.8 Å². The van der Waals surface area contributed by atoms with Crippen LogP contribution >= 0.6 is 15.9 Å². The highest BCUT2D eigenvalue weighted by atomic mass is 79.9. The van der Waals surface area contributed by atoms with Crippen LogP contribution in [0.5, 0.6) is 0 Å². The predicted molar refractivity (Wildman–Crippen MR) is 161 cm³/mol. The maximum absolute atomic E-state index is 11.9. The molecule has 1 amide bonds. The molecular weight excluding hydrogens is 620 g/mol. The van der Waals surface area contributed by atoms with Crippen LogP contribution in [0.2, 0.25) is 0 Å². The Bertz CT molecular complexity index is 1940. The molecule has 1 aliphatic rings. The van der Waals surface area contributed by atoms with Crippen LogP contribution in [0.15, 0.2) is 83.9 Å². The molecule has 216 valence electrons. The van der Waals surface area contributed by atoms with E-state index in [4.69, 9.17) is 21.4 Å². The summed E-state index contributed by atoms with van der Waals surface area (Å²) in [5.74, 6) is 1.17. The topological polar surface area (TPSA) is 143 Å². The maximum atomic E-state index is 11.9. The normalized spacial score (nSPS) is 12.3. The van der Waals surface area contributed by atoms with Crippen LogP contribution < -0.4 is 11.5 Å². The van der Waals surface area contributed by atoms with E-state index < -0.39 is 12.3 Å². The lowest BCUT2D eigenvalue weighted by atomic mass is 10.1. The van der Waals surface area contributed by atoms with Gasteiger partial charge in [-0.3, -0.25) is 14.3 Å². The zero-order valence-electron chi connectivity index (χ0n) is 22.5. The molecule has 1 aromatic carbocycles. The number of aryl methyl sites for hydroxylation is 2. The molecule has 0 aliphatic heterocycles. The summed E-state index contributed by atoms with van der Waals surface area (Å²) < 4.78 is 28.5.